The van der Waals surface area contributed by atoms with Gasteiger partial charge in [-0.05, 0) is 57.4 Å². The monoisotopic (exact) mass is 410 g/mol. The van der Waals surface area contributed by atoms with E-state index in [1.54, 1.807) is 30.3 Å². The summed E-state index contributed by atoms with van der Waals surface area (Å²) in [4.78, 5) is 22.7. The average molecular weight is 411 g/mol. The highest BCUT2D eigenvalue weighted by atomic mass is 79.9. The van der Waals surface area contributed by atoms with E-state index in [1.807, 2.05) is 0 Å². The molecule has 0 amide bonds. The standard InChI is InChI=1S/C17H15BrO5S/c18-13-5-4-10(8-12(13)16(19)20)9-23-14-3-1-2-11(6-7-24)15(14)17(21)22/h1-5,8,24H,6-7,9H2,(H,19,20)(H,21,22). The Bertz CT molecular complexity index is 776. The zero-order valence-corrected chi connectivity index (χ0v) is 15.0. The number of thiol groups is 1. The molecule has 0 bridgehead atoms. The first-order valence-electron chi connectivity index (χ1n) is 7.04. The second kappa shape index (κ2) is 8.21. The van der Waals surface area contributed by atoms with Gasteiger partial charge >= 0.3 is 11.9 Å². The summed E-state index contributed by atoms with van der Waals surface area (Å²) in [5, 5.41) is 18.6. The van der Waals surface area contributed by atoms with Crippen molar-refractivity contribution in [3.8, 4) is 5.75 Å². The van der Waals surface area contributed by atoms with Crippen molar-refractivity contribution in [2.24, 2.45) is 0 Å². The smallest absolute Gasteiger partial charge is 0.339 e. The molecule has 0 unspecified atom stereocenters. The maximum absolute atomic E-state index is 11.5. The normalized spacial score (nSPS) is 10.4. The van der Waals surface area contributed by atoms with E-state index in [1.165, 1.54) is 6.07 Å². The fourth-order valence-electron chi connectivity index (χ4n) is 2.26. The van der Waals surface area contributed by atoms with Crippen molar-refractivity contribution in [1.29, 1.82) is 0 Å². The van der Waals surface area contributed by atoms with E-state index in [9.17, 15) is 14.7 Å². The number of carboxylic acids is 2. The number of aromatic carboxylic acids is 2. The van der Waals surface area contributed by atoms with E-state index >= 15 is 0 Å². The molecule has 0 aliphatic heterocycles. The van der Waals surface area contributed by atoms with Gasteiger partial charge in [-0.25, -0.2) is 9.59 Å². The Morgan fingerprint density at radius 3 is 2.50 bits per heavy atom. The van der Waals surface area contributed by atoms with Crippen molar-refractivity contribution in [2.45, 2.75) is 13.0 Å². The fourth-order valence-corrected chi connectivity index (χ4v) is 2.91. The van der Waals surface area contributed by atoms with Crippen molar-refractivity contribution in [3.05, 3.63) is 63.1 Å². The van der Waals surface area contributed by atoms with Crippen molar-refractivity contribution in [3.63, 3.8) is 0 Å². The van der Waals surface area contributed by atoms with Gasteiger partial charge in [-0.2, -0.15) is 12.6 Å². The van der Waals surface area contributed by atoms with Gasteiger partial charge in [0.05, 0.1) is 5.56 Å². The van der Waals surface area contributed by atoms with Crippen LogP contribution in [0.2, 0.25) is 0 Å². The predicted octanol–water partition coefficient (Wildman–Crippen LogP) is 3.90. The van der Waals surface area contributed by atoms with Crippen molar-refractivity contribution >= 4 is 40.5 Å². The number of ether oxygens (including phenoxy) is 1. The number of aryl methyl sites for hydroxylation is 1. The van der Waals surface area contributed by atoms with Gasteiger partial charge in [-0.3, -0.25) is 0 Å². The van der Waals surface area contributed by atoms with Gasteiger partial charge in [-0.1, -0.05) is 18.2 Å². The van der Waals surface area contributed by atoms with Crippen molar-refractivity contribution in [2.75, 3.05) is 5.75 Å². The van der Waals surface area contributed by atoms with Crippen LogP contribution in [0.5, 0.6) is 5.75 Å². The Morgan fingerprint density at radius 1 is 1.12 bits per heavy atom. The molecule has 24 heavy (non-hydrogen) atoms. The first-order chi connectivity index (χ1) is 11.4. The van der Waals surface area contributed by atoms with Crippen LogP contribution < -0.4 is 4.74 Å². The van der Waals surface area contributed by atoms with E-state index in [4.69, 9.17) is 9.84 Å². The Balaban J connectivity index is 2.26. The third kappa shape index (κ3) is 4.30. The van der Waals surface area contributed by atoms with E-state index in [-0.39, 0.29) is 23.5 Å². The predicted molar refractivity (Wildman–Crippen MR) is 96.4 cm³/mol. The SMILES string of the molecule is O=C(O)c1cc(COc2cccc(CCS)c2C(=O)O)ccc1Br. The minimum absolute atomic E-state index is 0.0676. The van der Waals surface area contributed by atoms with Crippen LogP contribution >= 0.6 is 28.6 Å². The maximum atomic E-state index is 11.5. The first-order valence-corrected chi connectivity index (χ1v) is 8.47. The van der Waals surface area contributed by atoms with Gasteiger partial charge in [0.25, 0.3) is 0 Å². The molecule has 2 rings (SSSR count). The molecule has 126 valence electrons. The van der Waals surface area contributed by atoms with E-state index in [0.717, 1.165) is 0 Å². The van der Waals surface area contributed by atoms with Crippen LogP contribution in [-0.4, -0.2) is 27.9 Å². The lowest BCUT2D eigenvalue weighted by Crippen LogP contribution is -2.08. The number of benzene rings is 2. The summed E-state index contributed by atoms with van der Waals surface area (Å²) in [6, 6.07) is 9.87. The molecule has 0 heterocycles. The highest BCUT2D eigenvalue weighted by Gasteiger charge is 2.17. The number of carboxylic acid groups (broad SMARTS) is 2. The summed E-state index contributed by atoms with van der Waals surface area (Å²) < 4.78 is 6.11. The number of rotatable bonds is 7. The molecule has 0 saturated heterocycles. The van der Waals surface area contributed by atoms with E-state index in [0.29, 0.717) is 27.8 Å². The molecule has 7 heteroatoms. The molecular weight excluding hydrogens is 396 g/mol. The molecule has 5 nitrogen and oxygen atoms in total. The molecule has 0 atom stereocenters. The molecule has 0 aliphatic carbocycles. The number of hydrogen-bond acceptors (Lipinski definition) is 4. The van der Waals surface area contributed by atoms with Gasteiger partial charge in [-0.15, -0.1) is 0 Å². The van der Waals surface area contributed by atoms with Crippen molar-refractivity contribution in [1.82, 2.24) is 0 Å². The molecule has 0 radical (unpaired) electrons. The quantitative estimate of drug-likeness (QED) is 0.602. The van der Waals surface area contributed by atoms with Crippen LogP contribution in [0.25, 0.3) is 0 Å². The molecule has 2 aromatic carbocycles. The first kappa shape index (κ1) is 18.4. The van der Waals surface area contributed by atoms with Crippen LogP contribution in [0.1, 0.15) is 31.8 Å². The second-order valence-electron chi connectivity index (χ2n) is 4.98. The summed E-state index contributed by atoms with van der Waals surface area (Å²) >= 11 is 7.32. The largest absolute Gasteiger partial charge is 0.488 e. The molecule has 2 aromatic rings. The summed E-state index contributed by atoms with van der Waals surface area (Å²) in [5.41, 5.74) is 1.52. The number of halogens is 1. The molecule has 0 saturated carbocycles. The Kier molecular flexibility index (Phi) is 6.28. The average Bonchev–Trinajstić information content (AvgIpc) is 2.54. The lowest BCUT2D eigenvalue weighted by molar-refractivity contribution is 0.0682. The topological polar surface area (TPSA) is 83.8 Å². The van der Waals surface area contributed by atoms with Crippen molar-refractivity contribution < 1.29 is 24.5 Å². The van der Waals surface area contributed by atoms with Gasteiger partial charge in [0.1, 0.15) is 17.9 Å². The van der Waals surface area contributed by atoms with Gasteiger partial charge in [0.2, 0.25) is 0 Å². The fraction of sp³-hybridized carbons (Fsp3) is 0.176. The van der Waals surface area contributed by atoms with Gasteiger partial charge in [0, 0.05) is 4.47 Å². The molecular formula is C17H15BrO5S. The second-order valence-corrected chi connectivity index (χ2v) is 6.28. The van der Waals surface area contributed by atoms with Crippen LogP contribution in [0, 0.1) is 0 Å². The highest BCUT2D eigenvalue weighted by molar-refractivity contribution is 9.10. The molecule has 2 N–H and O–H groups in total. The Hall–Kier alpha value is -1.99. The zero-order chi connectivity index (χ0) is 17.7. The lowest BCUT2D eigenvalue weighted by Gasteiger charge is -2.13. The minimum Gasteiger partial charge on any atom is -0.488 e. The third-order valence-electron chi connectivity index (χ3n) is 3.36. The summed E-state index contributed by atoms with van der Waals surface area (Å²) in [5.74, 6) is -1.34. The molecule has 0 spiro atoms. The number of hydrogen-bond donors (Lipinski definition) is 3. The third-order valence-corrected chi connectivity index (χ3v) is 4.28. The Morgan fingerprint density at radius 2 is 1.88 bits per heavy atom. The highest BCUT2D eigenvalue weighted by Crippen LogP contribution is 2.25. The molecule has 0 fully saturated rings. The summed E-state index contributed by atoms with van der Waals surface area (Å²) in [7, 11) is 0. The van der Waals surface area contributed by atoms with Crippen LogP contribution in [0.15, 0.2) is 40.9 Å². The number of carbonyl (C=O) groups is 2. The van der Waals surface area contributed by atoms with E-state index in [2.05, 4.69) is 28.6 Å². The lowest BCUT2D eigenvalue weighted by atomic mass is 10.0. The molecule has 0 aromatic heterocycles. The van der Waals surface area contributed by atoms with Crippen LogP contribution in [0.3, 0.4) is 0 Å². The van der Waals surface area contributed by atoms with Crippen LogP contribution in [0.4, 0.5) is 0 Å². The van der Waals surface area contributed by atoms with E-state index < -0.39 is 11.9 Å². The summed E-state index contributed by atoms with van der Waals surface area (Å²) in [6.45, 7) is 0.0676. The van der Waals surface area contributed by atoms with Crippen LogP contribution in [-0.2, 0) is 13.0 Å². The molecule has 0 aliphatic rings. The van der Waals surface area contributed by atoms with Gasteiger partial charge < -0.3 is 14.9 Å². The Labute approximate surface area is 152 Å². The van der Waals surface area contributed by atoms with Gasteiger partial charge in [0.15, 0.2) is 0 Å². The minimum atomic E-state index is -1.07. The maximum Gasteiger partial charge on any atom is 0.339 e. The zero-order valence-electron chi connectivity index (χ0n) is 12.5. The summed E-state index contributed by atoms with van der Waals surface area (Å²) in [6.07, 6.45) is 0.517.